The molecule has 0 fully saturated rings. The summed E-state index contributed by atoms with van der Waals surface area (Å²) in [5.74, 6) is -0.0956. The third-order valence-corrected chi connectivity index (χ3v) is 4.86. The number of hydrogen-bond donors (Lipinski definition) is 1. The maximum atomic E-state index is 11.2. The lowest BCUT2D eigenvalue weighted by Crippen LogP contribution is -2.05. The van der Waals surface area contributed by atoms with Gasteiger partial charge in [-0.05, 0) is 48.0 Å². The van der Waals surface area contributed by atoms with Gasteiger partial charge in [0.1, 0.15) is 5.52 Å². The number of carbonyl (C=O) groups is 1. The molecule has 1 N–H and O–H groups in total. The Labute approximate surface area is 172 Å². The number of carbonyl (C=O) groups excluding carboxylic acids is 1. The number of anilines is 1. The summed E-state index contributed by atoms with van der Waals surface area (Å²) < 4.78 is 1.81. The SMILES string of the molecule is CC(=O)Nc1ccc(-c2ccc3nnn(Cc4ccc5ncccc5c4)c3n2)cc1. The molecular formula is C23H18N6O. The van der Waals surface area contributed by atoms with Crippen LogP contribution >= 0.6 is 0 Å². The molecule has 5 rings (SSSR count). The van der Waals surface area contributed by atoms with Crippen molar-refractivity contribution in [2.75, 3.05) is 5.32 Å². The predicted octanol–water partition coefficient (Wildman–Crippen LogP) is 4.05. The summed E-state index contributed by atoms with van der Waals surface area (Å²) in [6.07, 6.45) is 1.79. The van der Waals surface area contributed by atoms with Crippen LogP contribution < -0.4 is 5.32 Å². The number of amides is 1. The zero-order valence-electron chi connectivity index (χ0n) is 16.3. The number of benzene rings is 2. The van der Waals surface area contributed by atoms with E-state index < -0.39 is 0 Å². The second-order valence-corrected chi connectivity index (χ2v) is 7.08. The van der Waals surface area contributed by atoms with Crippen molar-refractivity contribution in [2.45, 2.75) is 13.5 Å². The standard InChI is InChI=1S/C23H18N6O/c1-15(30)25-19-7-5-17(6-8-19)21-10-11-22-23(26-21)29(28-27-22)14-16-4-9-20-18(13-16)3-2-12-24-20/h2-13H,14H2,1H3,(H,25,30). The fourth-order valence-electron chi connectivity index (χ4n) is 3.44. The van der Waals surface area contributed by atoms with E-state index in [1.54, 1.807) is 6.20 Å². The summed E-state index contributed by atoms with van der Waals surface area (Å²) in [5.41, 5.74) is 6.08. The average molecular weight is 394 g/mol. The van der Waals surface area contributed by atoms with Crippen LogP contribution in [0.2, 0.25) is 0 Å². The molecule has 2 aromatic carbocycles. The fourth-order valence-corrected chi connectivity index (χ4v) is 3.44. The highest BCUT2D eigenvalue weighted by atomic mass is 16.1. The van der Waals surface area contributed by atoms with E-state index in [-0.39, 0.29) is 5.91 Å². The van der Waals surface area contributed by atoms with Gasteiger partial charge < -0.3 is 5.32 Å². The maximum Gasteiger partial charge on any atom is 0.221 e. The van der Waals surface area contributed by atoms with Gasteiger partial charge in [-0.2, -0.15) is 0 Å². The maximum absolute atomic E-state index is 11.2. The normalized spacial score (nSPS) is 11.1. The third kappa shape index (κ3) is 3.48. The smallest absolute Gasteiger partial charge is 0.221 e. The lowest BCUT2D eigenvalue weighted by atomic mass is 10.1. The molecule has 5 aromatic rings. The average Bonchev–Trinajstić information content (AvgIpc) is 3.16. The van der Waals surface area contributed by atoms with Crippen molar-refractivity contribution in [3.05, 3.63) is 78.5 Å². The third-order valence-electron chi connectivity index (χ3n) is 4.86. The van der Waals surface area contributed by atoms with Crippen LogP contribution in [-0.4, -0.2) is 30.9 Å². The van der Waals surface area contributed by atoms with Crippen LogP contribution in [0.25, 0.3) is 33.3 Å². The molecule has 3 aromatic heterocycles. The number of aromatic nitrogens is 5. The summed E-state index contributed by atoms with van der Waals surface area (Å²) in [5, 5.41) is 12.4. The Bertz CT molecular complexity index is 1370. The quantitative estimate of drug-likeness (QED) is 0.497. The van der Waals surface area contributed by atoms with E-state index in [9.17, 15) is 4.79 Å². The summed E-state index contributed by atoms with van der Waals surface area (Å²) in [6, 6.07) is 21.6. The minimum absolute atomic E-state index is 0.0956. The van der Waals surface area contributed by atoms with E-state index in [4.69, 9.17) is 4.98 Å². The summed E-state index contributed by atoms with van der Waals surface area (Å²) >= 11 is 0. The lowest BCUT2D eigenvalue weighted by Gasteiger charge is -2.06. The summed E-state index contributed by atoms with van der Waals surface area (Å²) in [7, 11) is 0. The van der Waals surface area contributed by atoms with E-state index in [1.807, 2.05) is 65.3 Å². The van der Waals surface area contributed by atoms with Gasteiger partial charge in [0.25, 0.3) is 0 Å². The van der Waals surface area contributed by atoms with E-state index in [2.05, 4.69) is 26.7 Å². The summed E-state index contributed by atoms with van der Waals surface area (Å²) in [6.45, 7) is 2.06. The zero-order chi connectivity index (χ0) is 20.5. The molecule has 0 aliphatic carbocycles. The Morgan fingerprint density at radius 3 is 2.67 bits per heavy atom. The van der Waals surface area contributed by atoms with Gasteiger partial charge in [0.15, 0.2) is 5.65 Å². The van der Waals surface area contributed by atoms with Crippen molar-refractivity contribution in [3.63, 3.8) is 0 Å². The number of nitrogens with zero attached hydrogens (tertiary/aromatic N) is 5. The zero-order valence-corrected chi connectivity index (χ0v) is 16.3. The van der Waals surface area contributed by atoms with Crippen LogP contribution in [0.15, 0.2) is 72.9 Å². The topological polar surface area (TPSA) is 85.6 Å². The molecule has 0 unspecified atom stereocenters. The highest BCUT2D eigenvalue weighted by Gasteiger charge is 2.10. The van der Waals surface area contributed by atoms with Gasteiger partial charge in [-0.1, -0.05) is 29.5 Å². The van der Waals surface area contributed by atoms with Crippen molar-refractivity contribution < 1.29 is 4.79 Å². The fraction of sp³-hybridized carbons (Fsp3) is 0.0870. The van der Waals surface area contributed by atoms with E-state index in [1.165, 1.54) is 6.92 Å². The molecule has 30 heavy (non-hydrogen) atoms. The highest BCUT2D eigenvalue weighted by molar-refractivity contribution is 5.89. The predicted molar refractivity (Wildman–Crippen MR) is 116 cm³/mol. The molecule has 0 atom stereocenters. The molecule has 0 spiro atoms. The van der Waals surface area contributed by atoms with Crippen LogP contribution in [-0.2, 0) is 11.3 Å². The van der Waals surface area contributed by atoms with E-state index in [0.29, 0.717) is 6.54 Å². The first kappa shape index (κ1) is 17.9. The van der Waals surface area contributed by atoms with E-state index >= 15 is 0 Å². The van der Waals surface area contributed by atoms with Gasteiger partial charge in [0.05, 0.1) is 17.8 Å². The van der Waals surface area contributed by atoms with Gasteiger partial charge >= 0.3 is 0 Å². The molecule has 7 nitrogen and oxygen atoms in total. The number of hydrogen-bond acceptors (Lipinski definition) is 5. The Morgan fingerprint density at radius 2 is 1.83 bits per heavy atom. The molecule has 0 saturated carbocycles. The molecule has 0 bridgehead atoms. The van der Waals surface area contributed by atoms with Gasteiger partial charge in [0, 0.05) is 29.8 Å². The Hall–Kier alpha value is -4.13. The van der Waals surface area contributed by atoms with Gasteiger partial charge in [0.2, 0.25) is 5.91 Å². The van der Waals surface area contributed by atoms with Gasteiger partial charge in [-0.25, -0.2) is 9.67 Å². The molecule has 0 aliphatic rings. The van der Waals surface area contributed by atoms with Crippen LogP contribution in [0, 0.1) is 0 Å². The Balaban J connectivity index is 1.47. The summed E-state index contributed by atoms with van der Waals surface area (Å²) in [4.78, 5) is 20.4. The first-order chi connectivity index (χ1) is 14.7. The molecule has 0 saturated heterocycles. The van der Waals surface area contributed by atoms with Crippen molar-refractivity contribution in [2.24, 2.45) is 0 Å². The van der Waals surface area contributed by atoms with Crippen molar-refractivity contribution >= 4 is 33.7 Å². The molecule has 0 aliphatic heterocycles. The number of rotatable bonds is 4. The van der Waals surface area contributed by atoms with Crippen molar-refractivity contribution in [3.8, 4) is 11.3 Å². The first-order valence-electron chi connectivity index (χ1n) is 9.58. The largest absolute Gasteiger partial charge is 0.326 e. The number of pyridine rings is 2. The molecule has 146 valence electrons. The second-order valence-electron chi connectivity index (χ2n) is 7.08. The van der Waals surface area contributed by atoms with Crippen LogP contribution in [0.3, 0.4) is 0 Å². The Kier molecular flexibility index (Phi) is 4.40. The minimum Gasteiger partial charge on any atom is -0.326 e. The van der Waals surface area contributed by atoms with Crippen molar-refractivity contribution in [1.29, 1.82) is 0 Å². The molecule has 1 amide bonds. The highest BCUT2D eigenvalue weighted by Crippen LogP contribution is 2.22. The molecule has 0 radical (unpaired) electrons. The second kappa shape index (κ2) is 7.36. The van der Waals surface area contributed by atoms with E-state index in [0.717, 1.165) is 44.6 Å². The molecule has 3 heterocycles. The minimum atomic E-state index is -0.0956. The van der Waals surface area contributed by atoms with Crippen molar-refractivity contribution in [1.82, 2.24) is 25.0 Å². The monoisotopic (exact) mass is 394 g/mol. The lowest BCUT2D eigenvalue weighted by molar-refractivity contribution is -0.114. The van der Waals surface area contributed by atoms with Gasteiger partial charge in [-0.15, -0.1) is 5.10 Å². The molecular weight excluding hydrogens is 376 g/mol. The molecule has 7 heteroatoms. The van der Waals surface area contributed by atoms with Crippen LogP contribution in [0.5, 0.6) is 0 Å². The first-order valence-corrected chi connectivity index (χ1v) is 9.58. The van der Waals surface area contributed by atoms with Crippen LogP contribution in [0.4, 0.5) is 5.69 Å². The van der Waals surface area contributed by atoms with Crippen LogP contribution in [0.1, 0.15) is 12.5 Å². The number of fused-ring (bicyclic) bond motifs is 2. The number of nitrogens with one attached hydrogen (secondary N) is 1. The Morgan fingerprint density at radius 1 is 1.00 bits per heavy atom. The van der Waals surface area contributed by atoms with Gasteiger partial charge in [-0.3, -0.25) is 9.78 Å².